The average molecular weight is 518 g/mol. The van der Waals surface area contributed by atoms with Crippen molar-refractivity contribution < 1.29 is 34.0 Å². The summed E-state index contributed by atoms with van der Waals surface area (Å²) in [5, 5.41) is 21.3. The van der Waals surface area contributed by atoms with Gasteiger partial charge in [-0.1, -0.05) is 30.3 Å². The number of aromatic hydroxyl groups is 1. The predicted molar refractivity (Wildman–Crippen MR) is 142 cm³/mol. The summed E-state index contributed by atoms with van der Waals surface area (Å²) in [4.78, 5) is 27.6. The summed E-state index contributed by atoms with van der Waals surface area (Å²) in [5.41, 5.74) is 3.06. The number of Topliss-reactive ketones (excluding diaryl/α,β-unsaturated/α-hetero) is 1. The molecule has 1 aliphatic rings. The number of phenols is 1. The number of carbonyl (C=O) groups is 2. The predicted octanol–water partition coefficient (Wildman–Crippen LogP) is 4.75. The first-order valence-electron chi connectivity index (χ1n) is 12.3. The zero-order valence-corrected chi connectivity index (χ0v) is 21.6. The molecule has 0 bridgehead atoms. The number of aryl methyl sites for hydroxylation is 1. The number of hydrogen-bond donors (Lipinski definition) is 2. The third kappa shape index (κ3) is 5.50. The number of phenolic OH excluding ortho intramolecular Hbond substituents is 1. The van der Waals surface area contributed by atoms with Crippen LogP contribution >= 0.6 is 0 Å². The Balaban J connectivity index is 1.67. The van der Waals surface area contributed by atoms with Gasteiger partial charge in [0.05, 0.1) is 18.7 Å². The molecular weight excluding hydrogens is 486 g/mol. The lowest BCUT2D eigenvalue weighted by Gasteiger charge is -2.25. The number of nitrogens with zero attached hydrogens (tertiary/aromatic N) is 1. The second kappa shape index (κ2) is 11.8. The van der Waals surface area contributed by atoms with Crippen molar-refractivity contribution in [3.05, 3.63) is 94.6 Å². The first kappa shape index (κ1) is 26.8. The fourth-order valence-electron chi connectivity index (χ4n) is 4.50. The molecule has 0 aromatic heterocycles. The van der Waals surface area contributed by atoms with E-state index in [9.17, 15) is 19.8 Å². The number of ketones is 1. The molecule has 3 aromatic carbocycles. The lowest BCUT2D eigenvalue weighted by atomic mass is 9.95. The van der Waals surface area contributed by atoms with Crippen LogP contribution in [0, 0.1) is 6.92 Å². The van der Waals surface area contributed by atoms with Crippen molar-refractivity contribution in [3.8, 4) is 17.2 Å². The molecule has 3 aromatic rings. The summed E-state index contributed by atoms with van der Waals surface area (Å²) in [5.74, 6) is -1.06. The van der Waals surface area contributed by atoms with Crippen LogP contribution in [0.1, 0.15) is 34.7 Å². The van der Waals surface area contributed by atoms with Crippen molar-refractivity contribution in [2.24, 2.45) is 0 Å². The average Bonchev–Trinajstić information content (AvgIpc) is 3.18. The van der Waals surface area contributed by atoms with E-state index >= 15 is 0 Å². The number of hydrogen-bond acceptors (Lipinski definition) is 7. The Morgan fingerprint density at radius 2 is 1.74 bits per heavy atom. The zero-order chi connectivity index (χ0) is 27.2. The Morgan fingerprint density at radius 3 is 2.42 bits per heavy atom. The third-order valence-electron chi connectivity index (χ3n) is 6.59. The van der Waals surface area contributed by atoms with Gasteiger partial charge in [0.25, 0.3) is 11.7 Å². The molecule has 8 heteroatoms. The van der Waals surface area contributed by atoms with Crippen LogP contribution in [-0.4, -0.2) is 54.2 Å². The molecule has 0 aliphatic carbocycles. The minimum atomic E-state index is -0.863. The third-order valence-corrected chi connectivity index (χ3v) is 6.59. The number of carbonyl (C=O) groups excluding carboxylic acids is 2. The van der Waals surface area contributed by atoms with Crippen molar-refractivity contribution in [2.75, 3.05) is 27.4 Å². The highest BCUT2D eigenvalue weighted by molar-refractivity contribution is 6.46. The van der Waals surface area contributed by atoms with E-state index in [1.54, 1.807) is 43.5 Å². The van der Waals surface area contributed by atoms with Gasteiger partial charge in [-0.25, -0.2) is 0 Å². The van der Waals surface area contributed by atoms with E-state index in [0.717, 1.165) is 11.1 Å². The summed E-state index contributed by atoms with van der Waals surface area (Å²) in [6, 6.07) is 18.4. The largest absolute Gasteiger partial charge is 0.507 e. The van der Waals surface area contributed by atoms with Gasteiger partial charge in [-0.2, -0.15) is 0 Å². The normalized spacial score (nSPS) is 16.6. The maximum Gasteiger partial charge on any atom is 0.295 e. The van der Waals surface area contributed by atoms with Gasteiger partial charge in [0.15, 0.2) is 11.5 Å². The van der Waals surface area contributed by atoms with Crippen molar-refractivity contribution in [1.82, 2.24) is 4.90 Å². The van der Waals surface area contributed by atoms with Crippen LogP contribution in [0.15, 0.2) is 72.3 Å². The Hall–Kier alpha value is -4.30. The van der Waals surface area contributed by atoms with Gasteiger partial charge in [-0.05, 0) is 66.4 Å². The molecule has 198 valence electrons. The molecule has 1 amide bonds. The number of rotatable bonds is 10. The van der Waals surface area contributed by atoms with Gasteiger partial charge < -0.3 is 29.3 Å². The first-order valence-corrected chi connectivity index (χ1v) is 12.3. The van der Waals surface area contributed by atoms with Crippen LogP contribution in [0.4, 0.5) is 0 Å². The Labute approximate surface area is 221 Å². The number of amides is 1. The van der Waals surface area contributed by atoms with Crippen LogP contribution in [0.3, 0.4) is 0 Å². The lowest BCUT2D eigenvalue weighted by Crippen LogP contribution is -2.31. The van der Waals surface area contributed by atoms with E-state index in [1.165, 1.54) is 18.1 Å². The Bertz CT molecular complexity index is 1350. The summed E-state index contributed by atoms with van der Waals surface area (Å²) in [6.07, 6.45) is 0.502. The molecule has 8 nitrogen and oxygen atoms in total. The van der Waals surface area contributed by atoms with E-state index in [4.69, 9.17) is 14.2 Å². The number of benzene rings is 3. The number of likely N-dealkylation sites (tertiary alicyclic amines) is 1. The highest BCUT2D eigenvalue weighted by Crippen LogP contribution is 2.42. The molecule has 1 atom stereocenters. The number of aliphatic hydroxyl groups is 1. The lowest BCUT2D eigenvalue weighted by molar-refractivity contribution is -0.140. The van der Waals surface area contributed by atoms with Crippen LogP contribution in [0.25, 0.3) is 5.76 Å². The topological polar surface area (TPSA) is 106 Å². The van der Waals surface area contributed by atoms with Crippen molar-refractivity contribution in [1.29, 1.82) is 0 Å². The smallest absolute Gasteiger partial charge is 0.295 e. The molecule has 4 rings (SSSR count). The van der Waals surface area contributed by atoms with E-state index in [0.29, 0.717) is 36.5 Å². The highest BCUT2D eigenvalue weighted by Gasteiger charge is 2.46. The van der Waals surface area contributed by atoms with Gasteiger partial charge in [-0.15, -0.1) is 0 Å². The molecule has 0 unspecified atom stereocenters. The molecule has 38 heavy (non-hydrogen) atoms. The van der Waals surface area contributed by atoms with Gasteiger partial charge in [0, 0.05) is 25.8 Å². The molecule has 0 radical (unpaired) electrons. The second-order valence-electron chi connectivity index (χ2n) is 9.01. The van der Waals surface area contributed by atoms with Crippen molar-refractivity contribution >= 4 is 17.4 Å². The SMILES string of the molecule is COCCCN1C(=O)C(=O)C(=C(O)c2ccc(OCc3ccccc3C)cc2)[C@H]1c1ccc(O)c(OC)c1. The van der Waals surface area contributed by atoms with E-state index in [1.807, 2.05) is 31.2 Å². The molecule has 1 aliphatic heterocycles. The van der Waals surface area contributed by atoms with Crippen LogP contribution in [0.2, 0.25) is 0 Å². The zero-order valence-electron chi connectivity index (χ0n) is 21.6. The maximum atomic E-state index is 13.2. The Morgan fingerprint density at radius 1 is 1.00 bits per heavy atom. The first-order chi connectivity index (χ1) is 18.3. The summed E-state index contributed by atoms with van der Waals surface area (Å²) in [7, 11) is 2.97. The molecule has 1 saturated heterocycles. The van der Waals surface area contributed by atoms with Crippen LogP contribution in [-0.2, 0) is 20.9 Å². The number of ether oxygens (including phenoxy) is 3. The fourth-order valence-corrected chi connectivity index (χ4v) is 4.50. The molecular formula is C30H31NO7. The second-order valence-corrected chi connectivity index (χ2v) is 9.01. The molecule has 1 fully saturated rings. The monoisotopic (exact) mass is 517 g/mol. The van der Waals surface area contributed by atoms with E-state index < -0.39 is 17.7 Å². The van der Waals surface area contributed by atoms with E-state index in [-0.39, 0.29) is 29.4 Å². The fraction of sp³-hybridized carbons (Fsp3) is 0.267. The quantitative estimate of drug-likeness (QED) is 0.173. The van der Waals surface area contributed by atoms with Gasteiger partial charge in [0.2, 0.25) is 0 Å². The summed E-state index contributed by atoms with van der Waals surface area (Å²) in [6.45, 7) is 3.06. The summed E-state index contributed by atoms with van der Waals surface area (Å²) >= 11 is 0. The molecule has 1 heterocycles. The standard InChI is InChI=1S/C30H31NO7/c1-19-7-4-5-8-22(19)18-38-23-12-9-20(10-13-23)28(33)26-27(21-11-14-24(32)25(17-21)37-3)31(15-6-16-36-2)30(35)29(26)34/h4-5,7-14,17,27,32-33H,6,15-16,18H2,1-3H3/t27-/m1/s1. The minimum absolute atomic E-state index is 0.0336. The Kier molecular flexibility index (Phi) is 8.33. The van der Waals surface area contributed by atoms with Crippen molar-refractivity contribution in [2.45, 2.75) is 26.0 Å². The number of aliphatic hydroxyl groups excluding tert-OH is 1. The molecule has 2 N–H and O–H groups in total. The molecule has 0 spiro atoms. The van der Waals surface area contributed by atoms with Gasteiger partial charge in [-0.3, -0.25) is 9.59 Å². The minimum Gasteiger partial charge on any atom is -0.507 e. The van der Waals surface area contributed by atoms with Gasteiger partial charge in [0.1, 0.15) is 18.1 Å². The van der Waals surface area contributed by atoms with Crippen LogP contribution in [0.5, 0.6) is 17.2 Å². The van der Waals surface area contributed by atoms with Gasteiger partial charge >= 0.3 is 0 Å². The number of methoxy groups -OCH3 is 2. The van der Waals surface area contributed by atoms with Crippen LogP contribution < -0.4 is 9.47 Å². The van der Waals surface area contributed by atoms with Crippen molar-refractivity contribution in [3.63, 3.8) is 0 Å². The highest BCUT2D eigenvalue weighted by atomic mass is 16.5. The summed E-state index contributed by atoms with van der Waals surface area (Å²) < 4.78 is 16.2. The van der Waals surface area contributed by atoms with E-state index in [2.05, 4.69) is 0 Å². The maximum absolute atomic E-state index is 13.2. The molecule has 0 saturated carbocycles.